The fourth-order valence-electron chi connectivity index (χ4n) is 3.35. The summed E-state index contributed by atoms with van der Waals surface area (Å²) in [6, 6.07) is 12.9. The molecular formula is C22H25NO6. The molecule has 2 aliphatic rings. The average molecular weight is 399 g/mol. The van der Waals surface area contributed by atoms with Gasteiger partial charge >= 0.3 is 0 Å². The Bertz CT molecular complexity index is 849. The van der Waals surface area contributed by atoms with Gasteiger partial charge in [0.25, 0.3) is 5.91 Å². The molecular weight excluding hydrogens is 374 g/mol. The second kappa shape index (κ2) is 9.05. The second-order valence-electron chi connectivity index (χ2n) is 7.01. The van der Waals surface area contributed by atoms with Crippen molar-refractivity contribution in [3.8, 4) is 23.0 Å². The maximum Gasteiger partial charge on any atom is 0.264 e. The first-order chi connectivity index (χ1) is 14.2. The van der Waals surface area contributed by atoms with Crippen LogP contribution in [-0.4, -0.2) is 45.0 Å². The van der Waals surface area contributed by atoms with E-state index in [1.165, 1.54) is 0 Å². The molecule has 2 unspecified atom stereocenters. The maximum atomic E-state index is 12.5. The minimum atomic E-state index is -0.680. The molecule has 2 aromatic carbocycles. The Morgan fingerprint density at radius 3 is 2.83 bits per heavy atom. The Morgan fingerprint density at radius 1 is 1.17 bits per heavy atom. The van der Waals surface area contributed by atoms with E-state index < -0.39 is 6.10 Å². The third kappa shape index (κ3) is 4.74. The molecule has 0 bridgehead atoms. The molecule has 29 heavy (non-hydrogen) atoms. The average Bonchev–Trinajstić information content (AvgIpc) is 3.29. The molecule has 0 radical (unpaired) electrons. The Hall–Kier alpha value is -2.93. The Morgan fingerprint density at radius 2 is 2.03 bits per heavy atom. The van der Waals surface area contributed by atoms with Crippen LogP contribution in [0.25, 0.3) is 0 Å². The van der Waals surface area contributed by atoms with Gasteiger partial charge in [-0.25, -0.2) is 0 Å². The van der Waals surface area contributed by atoms with Gasteiger partial charge in [-0.05, 0) is 42.7 Å². The van der Waals surface area contributed by atoms with Crippen molar-refractivity contribution in [3.63, 3.8) is 0 Å². The van der Waals surface area contributed by atoms with Crippen LogP contribution in [0, 0.1) is 0 Å². The lowest BCUT2D eigenvalue weighted by Crippen LogP contribution is -2.43. The molecule has 4 rings (SSSR count). The van der Waals surface area contributed by atoms with E-state index in [1.54, 1.807) is 13.2 Å². The number of para-hydroxylation sites is 2. The molecule has 1 fully saturated rings. The number of methoxy groups -OCH3 is 1. The monoisotopic (exact) mass is 399 g/mol. The number of hydrogen-bond acceptors (Lipinski definition) is 6. The minimum absolute atomic E-state index is 0.140. The van der Waals surface area contributed by atoms with Gasteiger partial charge in [0.05, 0.1) is 13.2 Å². The van der Waals surface area contributed by atoms with Gasteiger partial charge in [-0.15, -0.1) is 0 Å². The van der Waals surface area contributed by atoms with E-state index in [2.05, 4.69) is 5.32 Å². The van der Waals surface area contributed by atoms with Crippen molar-refractivity contribution in [2.45, 2.75) is 31.6 Å². The standard InChI is InChI=1S/C22H25NO6/c1-25-20-11-15(8-9-18(20)27-13-16-5-4-10-26-16)12-23-22(24)21-14-28-17-6-2-3-7-19(17)29-21/h2-3,6-9,11,16,21H,4-5,10,12-14H2,1H3,(H,23,24). The van der Waals surface area contributed by atoms with Crippen LogP contribution in [0.4, 0.5) is 0 Å². The highest BCUT2D eigenvalue weighted by atomic mass is 16.6. The molecule has 2 aliphatic heterocycles. The topological polar surface area (TPSA) is 75.3 Å². The first-order valence-electron chi connectivity index (χ1n) is 9.80. The number of carbonyl (C=O) groups is 1. The predicted molar refractivity (Wildman–Crippen MR) is 106 cm³/mol. The first-order valence-corrected chi connectivity index (χ1v) is 9.80. The van der Waals surface area contributed by atoms with Crippen LogP contribution < -0.4 is 24.3 Å². The highest BCUT2D eigenvalue weighted by Gasteiger charge is 2.27. The van der Waals surface area contributed by atoms with Crippen molar-refractivity contribution in [2.75, 3.05) is 26.9 Å². The molecule has 0 aliphatic carbocycles. The Labute approximate surface area is 169 Å². The maximum absolute atomic E-state index is 12.5. The second-order valence-corrected chi connectivity index (χ2v) is 7.01. The summed E-state index contributed by atoms with van der Waals surface area (Å²) in [5.74, 6) is 2.30. The predicted octanol–water partition coefficient (Wildman–Crippen LogP) is 2.71. The molecule has 0 aromatic heterocycles. The molecule has 0 saturated carbocycles. The van der Waals surface area contributed by atoms with E-state index in [-0.39, 0.29) is 18.6 Å². The van der Waals surface area contributed by atoms with Crippen LogP contribution >= 0.6 is 0 Å². The van der Waals surface area contributed by atoms with Crippen LogP contribution in [0.1, 0.15) is 18.4 Å². The normalized spacial score (nSPS) is 20.2. The fraction of sp³-hybridized carbons (Fsp3) is 0.409. The zero-order chi connectivity index (χ0) is 20.1. The van der Waals surface area contributed by atoms with Crippen LogP contribution in [-0.2, 0) is 16.1 Å². The molecule has 2 heterocycles. The Kier molecular flexibility index (Phi) is 6.05. The number of fused-ring (bicyclic) bond motifs is 1. The van der Waals surface area contributed by atoms with Crippen molar-refractivity contribution in [2.24, 2.45) is 0 Å². The summed E-state index contributed by atoms with van der Waals surface area (Å²) < 4.78 is 28.2. The van der Waals surface area contributed by atoms with Crippen LogP contribution in [0.2, 0.25) is 0 Å². The number of amides is 1. The molecule has 7 heteroatoms. The lowest BCUT2D eigenvalue weighted by atomic mass is 10.2. The van der Waals surface area contributed by atoms with Crippen LogP contribution in [0.3, 0.4) is 0 Å². The molecule has 0 spiro atoms. The molecule has 2 atom stereocenters. The molecule has 154 valence electrons. The van der Waals surface area contributed by atoms with Crippen molar-refractivity contribution >= 4 is 5.91 Å². The number of nitrogens with one attached hydrogen (secondary N) is 1. The highest BCUT2D eigenvalue weighted by molar-refractivity contribution is 5.81. The van der Waals surface area contributed by atoms with E-state index in [4.69, 9.17) is 23.7 Å². The number of ether oxygens (including phenoxy) is 5. The molecule has 1 saturated heterocycles. The number of benzene rings is 2. The van der Waals surface area contributed by atoms with Gasteiger partial charge in [-0.2, -0.15) is 0 Å². The van der Waals surface area contributed by atoms with Crippen molar-refractivity contribution in [3.05, 3.63) is 48.0 Å². The summed E-state index contributed by atoms with van der Waals surface area (Å²) in [6.07, 6.45) is 1.55. The zero-order valence-corrected chi connectivity index (χ0v) is 16.4. The number of rotatable bonds is 7. The summed E-state index contributed by atoms with van der Waals surface area (Å²) >= 11 is 0. The lowest BCUT2D eigenvalue weighted by molar-refractivity contribution is -0.130. The quantitative estimate of drug-likeness (QED) is 0.772. The smallest absolute Gasteiger partial charge is 0.264 e. The summed E-state index contributed by atoms with van der Waals surface area (Å²) in [5, 5.41) is 2.89. The fourth-order valence-corrected chi connectivity index (χ4v) is 3.35. The van der Waals surface area contributed by atoms with Gasteiger partial charge in [0, 0.05) is 13.2 Å². The van der Waals surface area contributed by atoms with Crippen molar-refractivity contribution in [1.82, 2.24) is 5.32 Å². The minimum Gasteiger partial charge on any atom is -0.493 e. The number of carbonyl (C=O) groups excluding carboxylic acids is 1. The van der Waals surface area contributed by atoms with Crippen molar-refractivity contribution < 1.29 is 28.5 Å². The largest absolute Gasteiger partial charge is 0.493 e. The van der Waals surface area contributed by atoms with E-state index in [9.17, 15) is 4.79 Å². The lowest BCUT2D eigenvalue weighted by Gasteiger charge is -2.25. The summed E-state index contributed by atoms with van der Waals surface area (Å²) in [4.78, 5) is 12.5. The van der Waals surface area contributed by atoms with E-state index in [0.29, 0.717) is 36.1 Å². The van der Waals surface area contributed by atoms with Gasteiger partial charge in [0.15, 0.2) is 23.0 Å². The van der Waals surface area contributed by atoms with E-state index in [0.717, 1.165) is 25.0 Å². The van der Waals surface area contributed by atoms with Crippen LogP contribution in [0.15, 0.2) is 42.5 Å². The van der Waals surface area contributed by atoms with Crippen LogP contribution in [0.5, 0.6) is 23.0 Å². The van der Waals surface area contributed by atoms with E-state index >= 15 is 0 Å². The zero-order valence-electron chi connectivity index (χ0n) is 16.4. The van der Waals surface area contributed by atoms with Gasteiger partial charge in [-0.3, -0.25) is 4.79 Å². The summed E-state index contributed by atoms with van der Waals surface area (Å²) in [7, 11) is 1.60. The van der Waals surface area contributed by atoms with Crippen molar-refractivity contribution in [1.29, 1.82) is 0 Å². The Balaban J connectivity index is 1.31. The first kappa shape index (κ1) is 19.4. The third-order valence-electron chi connectivity index (χ3n) is 4.94. The van der Waals surface area contributed by atoms with Gasteiger partial charge in [-0.1, -0.05) is 18.2 Å². The molecule has 7 nitrogen and oxygen atoms in total. The van der Waals surface area contributed by atoms with Gasteiger partial charge in [0.2, 0.25) is 6.10 Å². The summed E-state index contributed by atoms with van der Waals surface area (Å²) in [5.41, 5.74) is 0.900. The summed E-state index contributed by atoms with van der Waals surface area (Å²) in [6.45, 7) is 1.84. The SMILES string of the molecule is COc1cc(CNC(=O)C2COc3ccccc3O2)ccc1OCC1CCCO1. The molecule has 1 N–H and O–H groups in total. The highest BCUT2D eigenvalue weighted by Crippen LogP contribution is 2.31. The molecule has 1 amide bonds. The van der Waals surface area contributed by atoms with Gasteiger partial charge in [0.1, 0.15) is 13.2 Å². The van der Waals surface area contributed by atoms with E-state index in [1.807, 2.05) is 36.4 Å². The number of hydrogen-bond donors (Lipinski definition) is 1. The third-order valence-corrected chi connectivity index (χ3v) is 4.94. The van der Waals surface area contributed by atoms with Gasteiger partial charge < -0.3 is 29.0 Å². The molecule has 2 aromatic rings.